The molecule has 3 aromatic rings. The van der Waals surface area contributed by atoms with Gasteiger partial charge in [0.05, 0.1) is 5.75 Å². The molecule has 0 aliphatic carbocycles. The molecule has 8 heteroatoms. The fraction of sp³-hybridized carbons (Fsp3) is 0.304. The predicted molar refractivity (Wildman–Crippen MR) is 129 cm³/mol. The number of amides is 1. The number of likely N-dealkylation sites (N-methyl/N-ethyl adjacent to an activating group) is 1. The lowest BCUT2D eigenvalue weighted by Crippen LogP contribution is -2.46. The minimum Gasteiger partial charge on any atom is -0.369 e. The van der Waals surface area contributed by atoms with Gasteiger partial charge in [0.1, 0.15) is 0 Å². The predicted octanol–water partition coefficient (Wildman–Crippen LogP) is 4.40. The van der Waals surface area contributed by atoms with Crippen LogP contribution in [0.2, 0.25) is 5.02 Å². The van der Waals surface area contributed by atoms with Crippen molar-refractivity contribution in [2.45, 2.75) is 12.1 Å². The first kappa shape index (κ1) is 21.7. The van der Waals surface area contributed by atoms with E-state index in [1.165, 1.54) is 17.4 Å². The maximum absolute atomic E-state index is 12.5. The minimum atomic E-state index is -0.0556. The van der Waals surface area contributed by atoms with Gasteiger partial charge in [-0.3, -0.25) is 9.36 Å². The zero-order valence-corrected chi connectivity index (χ0v) is 19.1. The molecule has 4 rings (SSSR count). The molecule has 31 heavy (non-hydrogen) atoms. The average molecular weight is 456 g/mol. The number of nitrogens with one attached hydrogen (secondary N) is 1. The molecule has 1 N–H and O–H groups in total. The topological polar surface area (TPSA) is 53.4 Å². The molecular weight excluding hydrogens is 430 g/mol. The van der Waals surface area contributed by atoms with Crippen molar-refractivity contribution in [2.24, 2.45) is 0 Å². The summed E-state index contributed by atoms with van der Waals surface area (Å²) in [5.41, 5.74) is 2.97. The fourth-order valence-electron chi connectivity index (χ4n) is 3.60. The van der Waals surface area contributed by atoms with Gasteiger partial charge in [-0.2, -0.15) is 0 Å². The van der Waals surface area contributed by atoms with Gasteiger partial charge in [0, 0.05) is 60.7 Å². The van der Waals surface area contributed by atoms with Crippen LogP contribution >= 0.6 is 23.4 Å². The first-order valence-corrected chi connectivity index (χ1v) is 11.8. The molecular formula is C23H26ClN5OS. The first-order valence-electron chi connectivity index (χ1n) is 10.4. The molecule has 1 aliphatic rings. The highest BCUT2D eigenvalue weighted by Crippen LogP contribution is 2.23. The second kappa shape index (κ2) is 10.2. The summed E-state index contributed by atoms with van der Waals surface area (Å²) >= 11 is 7.37. The highest BCUT2D eigenvalue weighted by atomic mass is 35.5. The van der Waals surface area contributed by atoms with E-state index in [0.717, 1.165) is 49.3 Å². The lowest BCUT2D eigenvalue weighted by Gasteiger charge is -2.35. The largest absolute Gasteiger partial charge is 0.369 e. The maximum Gasteiger partial charge on any atom is 0.234 e. The Morgan fingerprint density at radius 3 is 2.39 bits per heavy atom. The number of carbonyl (C=O) groups excluding carboxylic acids is 1. The summed E-state index contributed by atoms with van der Waals surface area (Å²) in [4.78, 5) is 21.7. The number of carbonyl (C=O) groups is 1. The Kier molecular flexibility index (Phi) is 7.17. The van der Waals surface area contributed by atoms with Crippen LogP contribution in [0.5, 0.6) is 0 Å². The van der Waals surface area contributed by atoms with Crippen LogP contribution in [0.3, 0.4) is 0 Å². The van der Waals surface area contributed by atoms with Crippen molar-refractivity contribution < 1.29 is 4.79 Å². The Hall–Kier alpha value is -2.48. The number of piperazine rings is 1. The van der Waals surface area contributed by atoms with Gasteiger partial charge in [0.25, 0.3) is 0 Å². The molecule has 1 saturated heterocycles. The second-order valence-electron chi connectivity index (χ2n) is 7.36. The van der Waals surface area contributed by atoms with E-state index < -0.39 is 0 Å². The molecule has 1 fully saturated rings. The molecule has 0 spiro atoms. The van der Waals surface area contributed by atoms with Crippen molar-refractivity contribution in [3.63, 3.8) is 0 Å². The van der Waals surface area contributed by atoms with E-state index in [9.17, 15) is 4.79 Å². The van der Waals surface area contributed by atoms with E-state index in [1.807, 2.05) is 47.2 Å². The summed E-state index contributed by atoms with van der Waals surface area (Å²) in [6, 6.07) is 15.6. The van der Waals surface area contributed by atoms with E-state index in [-0.39, 0.29) is 11.7 Å². The summed E-state index contributed by atoms with van der Waals surface area (Å²) in [7, 11) is 0. The summed E-state index contributed by atoms with van der Waals surface area (Å²) in [5, 5.41) is 4.43. The number of aromatic nitrogens is 2. The number of hydrogen-bond donors (Lipinski definition) is 1. The zero-order chi connectivity index (χ0) is 21.6. The number of rotatable bonds is 7. The third-order valence-corrected chi connectivity index (χ3v) is 6.60. The fourth-order valence-corrected chi connectivity index (χ4v) is 4.50. The SMILES string of the molecule is CCN1CCN(c2ccc(NC(=O)CSc3nccn3-c3ccc(Cl)cc3)cc2)CC1. The van der Waals surface area contributed by atoms with Crippen molar-refractivity contribution in [1.29, 1.82) is 0 Å². The van der Waals surface area contributed by atoms with E-state index >= 15 is 0 Å². The number of nitrogens with zero attached hydrogens (tertiary/aromatic N) is 4. The molecule has 0 saturated carbocycles. The van der Waals surface area contributed by atoms with Crippen LogP contribution in [0.25, 0.3) is 5.69 Å². The molecule has 1 aromatic heterocycles. The summed E-state index contributed by atoms with van der Waals surface area (Å²) in [6.07, 6.45) is 3.61. The van der Waals surface area contributed by atoms with Gasteiger partial charge in [-0.1, -0.05) is 30.3 Å². The van der Waals surface area contributed by atoms with Crippen molar-refractivity contribution in [2.75, 3.05) is 48.7 Å². The highest BCUT2D eigenvalue weighted by Gasteiger charge is 2.16. The van der Waals surface area contributed by atoms with E-state index in [4.69, 9.17) is 11.6 Å². The van der Waals surface area contributed by atoms with E-state index in [0.29, 0.717) is 5.02 Å². The lowest BCUT2D eigenvalue weighted by molar-refractivity contribution is -0.113. The van der Waals surface area contributed by atoms with Crippen LogP contribution in [0.4, 0.5) is 11.4 Å². The van der Waals surface area contributed by atoms with Crippen molar-refractivity contribution in [3.05, 3.63) is 65.9 Å². The molecule has 6 nitrogen and oxygen atoms in total. The maximum atomic E-state index is 12.5. The third-order valence-electron chi connectivity index (χ3n) is 5.38. The standard InChI is InChI=1S/C23H26ClN5OS/c1-2-27-13-15-28(16-14-27)20-9-5-19(6-10-20)26-22(30)17-31-23-25-11-12-29(23)21-7-3-18(24)4-8-21/h3-12H,2,13-17H2,1H3,(H,26,30). The van der Waals surface area contributed by atoms with Gasteiger partial charge in [-0.25, -0.2) is 4.98 Å². The number of hydrogen-bond acceptors (Lipinski definition) is 5. The summed E-state index contributed by atoms with van der Waals surface area (Å²) < 4.78 is 1.95. The van der Waals surface area contributed by atoms with Gasteiger partial charge in [-0.05, 0) is 55.1 Å². The van der Waals surface area contributed by atoms with Crippen LogP contribution < -0.4 is 10.2 Å². The minimum absolute atomic E-state index is 0.0556. The normalized spacial score (nSPS) is 14.6. The molecule has 0 bridgehead atoms. The monoisotopic (exact) mass is 455 g/mol. The van der Waals surface area contributed by atoms with Crippen LogP contribution in [0.15, 0.2) is 66.1 Å². The molecule has 0 radical (unpaired) electrons. The Morgan fingerprint density at radius 2 is 1.71 bits per heavy atom. The molecule has 1 aliphatic heterocycles. The number of imidazole rings is 1. The van der Waals surface area contributed by atoms with Crippen molar-refractivity contribution in [3.8, 4) is 5.69 Å². The summed E-state index contributed by atoms with van der Waals surface area (Å²) in [6.45, 7) is 7.58. The smallest absolute Gasteiger partial charge is 0.234 e. The molecule has 162 valence electrons. The van der Waals surface area contributed by atoms with Crippen LogP contribution in [0, 0.1) is 0 Å². The van der Waals surface area contributed by atoms with Crippen molar-refractivity contribution >= 4 is 40.6 Å². The Bertz CT molecular complexity index is 998. The van der Waals surface area contributed by atoms with Crippen LogP contribution in [0.1, 0.15) is 6.92 Å². The van der Waals surface area contributed by atoms with E-state index in [1.54, 1.807) is 6.20 Å². The number of benzene rings is 2. The Morgan fingerprint density at radius 1 is 1.03 bits per heavy atom. The third kappa shape index (κ3) is 5.61. The van der Waals surface area contributed by atoms with Gasteiger partial charge >= 0.3 is 0 Å². The van der Waals surface area contributed by atoms with Gasteiger partial charge in [0.2, 0.25) is 5.91 Å². The molecule has 0 atom stereocenters. The summed E-state index contributed by atoms with van der Waals surface area (Å²) in [5.74, 6) is 0.227. The average Bonchev–Trinajstić information content (AvgIpc) is 3.27. The van der Waals surface area contributed by atoms with Crippen LogP contribution in [-0.2, 0) is 4.79 Å². The Balaban J connectivity index is 1.30. The quantitative estimate of drug-likeness (QED) is 0.535. The second-order valence-corrected chi connectivity index (χ2v) is 8.74. The highest BCUT2D eigenvalue weighted by molar-refractivity contribution is 7.99. The molecule has 2 aromatic carbocycles. The number of anilines is 2. The van der Waals surface area contributed by atoms with Crippen LogP contribution in [-0.4, -0.2) is 58.8 Å². The van der Waals surface area contributed by atoms with Crippen molar-refractivity contribution in [1.82, 2.24) is 14.5 Å². The Labute approximate surface area is 192 Å². The van der Waals surface area contributed by atoms with Gasteiger partial charge in [0.15, 0.2) is 5.16 Å². The molecule has 2 heterocycles. The van der Waals surface area contributed by atoms with E-state index in [2.05, 4.69) is 39.2 Å². The molecule has 0 unspecified atom stereocenters. The first-order chi connectivity index (χ1) is 15.1. The molecule has 1 amide bonds. The number of thioether (sulfide) groups is 1. The zero-order valence-electron chi connectivity index (χ0n) is 17.5. The lowest BCUT2D eigenvalue weighted by atomic mass is 10.2. The number of halogens is 1. The van der Waals surface area contributed by atoms with Gasteiger partial charge < -0.3 is 15.1 Å². The van der Waals surface area contributed by atoms with Gasteiger partial charge in [-0.15, -0.1) is 0 Å².